The van der Waals surface area contributed by atoms with Crippen LogP contribution in [-0.4, -0.2) is 43.1 Å². The van der Waals surface area contributed by atoms with E-state index in [4.69, 9.17) is 11.6 Å². The number of aromatic nitrogens is 1. The van der Waals surface area contributed by atoms with Crippen LogP contribution in [0, 0.1) is 5.82 Å². The molecule has 1 aromatic rings. The summed E-state index contributed by atoms with van der Waals surface area (Å²) in [5.74, 6) is 0.0443. The third-order valence-electron chi connectivity index (χ3n) is 3.36. The van der Waals surface area contributed by atoms with E-state index in [1.807, 2.05) is 11.9 Å². The molecular weight excluding hydrogens is 241 g/mol. The molecule has 1 saturated heterocycles. The number of likely N-dealkylation sites (tertiary alicyclic amines) is 1. The van der Waals surface area contributed by atoms with Gasteiger partial charge in [-0.1, -0.05) is 11.6 Å². The molecule has 0 amide bonds. The maximum absolute atomic E-state index is 13.7. The van der Waals surface area contributed by atoms with Gasteiger partial charge >= 0.3 is 0 Å². The van der Waals surface area contributed by atoms with Crippen molar-refractivity contribution in [1.29, 1.82) is 0 Å². The minimum atomic E-state index is -0.348. The van der Waals surface area contributed by atoms with Crippen LogP contribution in [0.5, 0.6) is 0 Å². The second kappa shape index (κ2) is 5.19. The molecule has 94 valence electrons. The average Bonchev–Trinajstić information content (AvgIpc) is 2.29. The van der Waals surface area contributed by atoms with Gasteiger partial charge in [0, 0.05) is 19.3 Å². The third kappa shape index (κ3) is 2.87. The Kier molecular flexibility index (Phi) is 3.84. The van der Waals surface area contributed by atoms with Gasteiger partial charge in [-0.15, -0.1) is 0 Å². The van der Waals surface area contributed by atoms with Crippen LogP contribution >= 0.6 is 11.6 Å². The summed E-state index contributed by atoms with van der Waals surface area (Å²) in [6, 6.07) is 1.67. The number of rotatable bonds is 2. The molecule has 17 heavy (non-hydrogen) atoms. The Bertz CT molecular complexity index is 391. The van der Waals surface area contributed by atoms with E-state index < -0.39 is 0 Å². The number of hydrogen-bond acceptors (Lipinski definition) is 3. The summed E-state index contributed by atoms with van der Waals surface area (Å²) in [5.41, 5.74) is 0. The highest BCUT2D eigenvalue weighted by molar-refractivity contribution is 6.30. The van der Waals surface area contributed by atoms with Gasteiger partial charge in [0.15, 0.2) is 11.6 Å². The van der Waals surface area contributed by atoms with Gasteiger partial charge < -0.3 is 9.80 Å². The summed E-state index contributed by atoms with van der Waals surface area (Å²) in [6.07, 6.45) is 3.57. The fourth-order valence-corrected chi connectivity index (χ4v) is 2.37. The van der Waals surface area contributed by atoms with Gasteiger partial charge in [-0.25, -0.2) is 9.37 Å². The van der Waals surface area contributed by atoms with Crippen molar-refractivity contribution in [2.24, 2.45) is 0 Å². The second-order valence-corrected chi connectivity index (χ2v) is 5.04. The van der Waals surface area contributed by atoms with Crippen molar-refractivity contribution >= 4 is 17.4 Å². The van der Waals surface area contributed by atoms with Crippen LogP contribution in [0.4, 0.5) is 10.2 Å². The Morgan fingerprint density at radius 3 is 2.71 bits per heavy atom. The summed E-state index contributed by atoms with van der Waals surface area (Å²) in [5, 5.41) is 0.336. The molecule has 5 heteroatoms. The predicted octanol–water partition coefficient (Wildman–Crippen LogP) is 2.40. The smallest absolute Gasteiger partial charge is 0.167 e. The van der Waals surface area contributed by atoms with Gasteiger partial charge in [0.25, 0.3) is 0 Å². The first-order valence-corrected chi connectivity index (χ1v) is 6.18. The van der Waals surface area contributed by atoms with Crippen molar-refractivity contribution in [2.45, 2.75) is 18.9 Å². The van der Waals surface area contributed by atoms with Gasteiger partial charge in [-0.05, 0) is 39.0 Å². The summed E-state index contributed by atoms with van der Waals surface area (Å²) in [7, 11) is 4.01. The zero-order chi connectivity index (χ0) is 12.4. The normalized spacial score (nSPS) is 18.4. The average molecular weight is 258 g/mol. The molecule has 2 heterocycles. The third-order valence-corrected chi connectivity index (χ3v) is 3.56. The highest BCUT2D eigenvalue weighted by Gasteiger charge is 2.23. The van der Waals surface area contributed by atoms with Crippen LogP contribution in [0.25, 0.3) is 0 Å². The molecule has 0 spiro atoms. The minimum Gasteiger partial charge on any atom is -0.354 e. The fourth-order valence-electron chi connectivity index (χ4n) is 2.22. The van der Waals surface area contributed by atoms with Gasteiger partial charge in [-0.2, -0.15) is 0 Å². The number of piperidine rings is 1. The van der Waals surface area contributed by atoms with E-state index in [1.54, 1.807) is 0 Å². The minimum absolute atomic E-state index is 0.336. The number of hydrogen-bond donors (Lipinski definition) is 0. The van der Waals surface area contributed by atoms with Gasteiger partial charge in [0.2, 0.25) is 0 Å². The molecule has 2 rings (SSSR count). The number of nitrogens with zero attached hydrogens (tertiary/aromatic N) is 3. The Labute approximate surface area is 106 Å². The maximum atomic E-state index is 13.7. The molecule has 1 aliphatic rings. The Balaban J connectivity index is 2.11. The molecule has 1 aliphatic heterocycles. The molecule has 0 N–H and O–H groups in total. The van der Waals surface area contributed by atoms with Crippen LogP contribution in [0.15, 0.2) is 12.3 Å². The number of anilines is 1. The van der Waals surface area contributed by atoms with Crippen molar-refractivity contribution in [3.8, 4) is 0 Å². The van der Waals surface area contributed by atoms with Gasteiger partial charge in [0.1, 0.15) is 0 Å². The van der Waals surface area contributed by atoms with E-state index in [0.717, 1.165) is 25.9 Å². The number of pyridine rings is 1. The van der Waals surface area contributed by atoms with Crippen LogP contribution in [0.1, 0.15) is 12.8 Å². The molecule has 0 bridgehead atoms. The molecule has 0 aliphatic carbocycles. The van der Waals surface area contributed by atoms with Crippen LogP contribution in [-0.2, 0) is 0 Å². The first-order chi connectivity index (χ1) is 8.08. The second-order valence-electron chi connectivity index (χ2n) is 4.60. The molecular formula is C12H17ClFN3. The molecule has 0 aromatic carbocycles. The van der Waals surface area contributed by atoms with Crippen molar-refractivity contribution < 1.29 is 4.39 Å². The molecule has 0 radical (unpaired) electrons. The highest BCUT2D eigenvalue weighted by atomic mass is 35.5. The SMILES string of the molecule is CN1CCC(N(C)c2ncc(Cl)cc2F)CC1. The summed E-state index contributed by atoms with van der Waals surface area (Å²) in [6.45, 7) is 2.09. The van der Waals surface area contributed by atoms with Crippen molar-refractivity contribution in [1.82, 2.24) is 9.88 Å². The van der Waals surface area contributed by atoms with Crippen molar-refractivity contribution in [3.05, 3.63) is 23.1 Å². The van der Waals surface area contributed by atoms with Gasteiger partial charge in [0.05, 0.1) is 5.02 Å². The molecule has 1 aromatic heterocycles. The summed E-state index contributed by atoms with van der Waals surface area (Å²) >= 11 is 5.70. The lowest BCUT2D eigenvalue weighted by atomic mass is 10.0. The lowest BCUT2D eigenvalue weighted by Crippen LogP contribution is -2.42. The Morgan fingerprint density at radius 2 is 2.12 bits per heavy atom. The zero-order valence-corrected chi connectivity index (χ0v) is 10.9. The van der Waals surface area contributed by atoms with E-state index in [1.165, 1.54) is 12.3 Å². The molecule has 0 unspecified atom stereocenters. The molecule has 0 atom stereocenters. The van der Waals surface area contributed by atoms with E-state index in [-0.39, 0.29) is 5.82 Å². The summed E-state index contributed by atoms with van der Waals surface area (Å²) < 4.78 is 13.7. The fraction of sp³-hybridized carbons (Fsp3) is 0.583. The van der Waals surface area contributed by atoms with Gasteiger partial charge in [-0.3, -0.25) is 0 Å². The van der Waals surface area contributed by atoms with Crippen LogP contribution in [0.3, 0.4) is 0 Å². The molecule has 3 nitrogen and oxygen atoms in total. The van der Waals surface area contributed by atoms with Crippen molar-refractivity contribution in [3.63, 3.8) is 0 Å². The molecule has 0 saturated carbocycles. The quantitative estimate of drug-likeness (QED) is 0.811. The standard InChI is InChI=1S/C12H17ClFN3/c1-16-5-3-10(4-6-16)17(2)12-11(14)7-9(13)8-15-12/h7-8,10H,3-6H2,1-2H3. The first-order valence-electron chi connectivity index (χ1n) is 5.80. The monoisotopic (exact) mass is 257 g/mol. The van der Waals surface area contributed by atoms with Crippen LogP contribution in [0.2, 0.25) is 5.02 Å². The van der Waals surface area contributed by atoms with Crippen molar-refractivity contribution in [2.75, 3.05) is 32.1 Å². The summed E-state index contributed by atoms with van der Waals surface area (Å²) in [4.78, 5) is 8.29. The Morgan fingerprint density at radius 1 is 1.47 bits per heavy atom. The zero-order valence-electron chi connectivity index (χ0n) is 10.2. The largest absolute Gasteiger partial charge is 0.354 e. The lowest BCUT2D eigenvalue weighted by molar-refractivity contribution is 0.252. The van der Waals surface area contributed by atoms with E-state index in [0.29, 0.717) is 16.9 Å². The molecule has 1 fully saturated rings. The first kappa shape index (κ1) is 12.6. The van der Waals surface area contributed by atoms with E-state index in [9.17, 15) is 4.39 Å². The number of halogens is 2. The Hall–Kier alpha value is -0.870. The van der Waals surface area contributed by atoms with E-state index in [2.05, 4.69) is 16.9 Å². The maximum Gasteiger partial charge on any atom is 0.167 e. The van der Waals surface area contributed by atoms with Crippen LogP contribution < -0.4 is 4.90 Å². The van der Waals surface area contributed by atoms with E-state index >= 15 is 0 Å². The predicted molar refractivity (Wildman–Crippen MR) is 68.1 cm³/mol. The highest BCUT2D eigenvalue weighted by Crippen LogP contribution is 2.24. The topological polar surface area (TPSA) is 19.4 Å². The lowest BCUT2D eigenvalue weighted by Gasteiger charge is -2.35.